The number of aromatic nitrogens is 8. The van der Waals surface area contributed by atoms with Crippen molar-refractivity contribution < 1.29 is 0 Å². The van der Waals surface area contributed by atoms with Gasteiger partial charge in [-0.1, -0.05) is 322 Å². The van der Waals surface area contributed by atoms with Gasteiger partial charge in [-0.05, 0) is 136 Å². The van der Waals surface area contributed by atoms with Crippen LogP contribution in [-0.2, 0) is 0 Å². The summed E-state index contributed by atoms with van der Waals surface area (Å²) in [6.45, 7) is 0. The van der Waals surface area contributed by atoms with Gasteiger partial charge in [-0.3, -0.25) is 9.13 Å². The Hall–Kier alpha value is -15.1. The molecule has 0 saturated heterocycles. The van der Waals surface area contributed by atoms with Crippen molar-refractivity contribution >= 4 is 87.2 Å². The van der Waals surface area contributed by atoms with Crippen molar-refractivity contribution in [1.29, 1.82) is 0 Å². The number of rotatable bonds is 12. The van der Waals surface area contributed by atoms with Gasteiger partial charge in [-0.15, -0.1) is 0 Å². The molecule has 0 unspecified atom stereocenters. The predicted octanol–water partition coefficient (Wildman–Crippen LogP) is 26.7. The highest BCUT2D eigenvalue weighted by atomic mass is 15.2. The zero-order valence-electron chi connectivity index (χ0n) is 60.8. The Morgan fingerprint density at radius 3 is 0.768 bits per heavy atom. The van der Waals surface area contributed by atoms with E-state index in [1.807, 2.05) is 0 Å². The average Bonchev–Trinajstić information content (AvgIpc) is 1.55. The van der Waals surface area contributed by atoms with E-state index < -0.39 is 0 Å². The zero-order chi connectivity index (χ0) is 74.0. The van der Waals surface area contributed by atoms with Gasteiger partial charge in [0, 0.05) is 76.7 Å². The van der Waals surface area contributed by atoms with E-state index in [0.717, 1.165) is 139 Å². The highest BCUT2D eigenvalue weighted by molar-refractivity contribution is 6.27. The normalized spacial score (nSPS) is 11.6. The van der Waals surface area contributed by atoms with Gasteiger partial charge in [0.25, 0.3) is 0 Å². The van der Waals surface area contributed by atoms with Crippen molar-refractivity contribution in [1.82, 2.24) is 38.2 Å². The van der Waals surface area contributed by atoms with Crippen LogP contribution in [0.15, 0.2) is 413 Å². The van der Waals surface area contributed by atoms with Crippen molar-refractivity contribution in [2.24, 2.45) is 0 Å². The van der Waals surface area contributed by atoms with Crippen LogP contribution in [0, 0.1) is 0 Å². The Kier molecular flexibility index (Phi) is 16.1. The number of fused-ring (bicyclic) bond motifs is 14. The fraction of sp³-hybridized carbons (Fsp3) is 0. The molecule has 112 heavy (non-hydrogen) atoms. The molecule has 0 atom stereocenters. The van der Waals surface area contributed by atoms with E-state index in [9.17, 15) is 0 Å². The molecule has 0 fully saturated rings. The molecule has 0 aliphatic rings. The first kappa shape index (κ1) is 65.2. The highest BCUT2D eigenvalue weighted by Gasteiger charge is 2.26. The molecule has 22 aromatic rings. The second-order valence-corrected chi connectivity index (χ2v) is 28.5. The third kappa shape index (κ3) is 11.4. The molecule has 8 heteroatoms. The molecular weight excluding hydrogens is 1360 g/mol. The molecule has 524 valence electrons. The number of nitrogens with zero attached hydrogens (tertiary/aromatic N) is 8. The van der Waals surface area contributed by atoms with Crippen molar-refractivity contribution in [3.8, 4) is 113 Å². The number of hydrogen-bond donors (Lipinski definition) is 0. The van der Waals surface area contributed by atoms with Gasteiger partial charge in [-0.25, -0.2) is 19.9 Å². The maximum atomic E-state index is 5.48. The summed E-state index contributed by atoms with van der Waals surface area (Å²) < 4.78 is 9.34. The lowest BCUT2D eigenvalue weighted by Crippen LogP contribution is -2.04. The summed E-state index contributed by atoms with van der Waals surface area (Å²) >= 11 is 0. The minimum atomic E-state index is 0.628. The van der Waals surface area contributed by atoms with Gasteiger partial charge < -0.3 is 9.13 Å². The largest absolute Gasteiger partial charge is 0.309 e. The zero-order valence-corrected chi connectivity index (χ0v) is 60.8. The minimum Gasteiger partial charge on any atom is -0.309 e. The van der Waals surface area contributed by atoms with Crippen molar-refractivity contribution in [2.75, 3.05) is 0 Å². The summed E-state index contributed by atoms with van der Waals surface area (Å²) in [4.78, 5) is 21.9. The SMILES string of the molecule is c1ccc(-c2ccc(-c3cc(-c4cccc(-c5ccccc5)c4)nc(-n4c5ccccc5c5ccc6c(c7ccccc7n6-c6ccccc6)c54)n3)cc2)cc1.c1ccc(-c2cccc(-c3cc(-c4cccc(-c5ccccc5)c4)nc(-n4c5ccccc5c5ccc6c(c7ccccc7n6-c6ccccc6)c54)n3)c2)cc1. The number of para-hydroxylation sites is 6. The van der Waals surface area contributed by atoms with Gasteiger partial charge in [0.15, 0.2) is 0 Å². The van der Waals surface area contributed by atoms with Crippen LogP contribution in [-0.4, -0.2) is 38.2 Å². The van der Waals surface area contributed by atoms with Crippen LogP contribution in [0.2, 0.25) is 0 Å². The fourth-order valence-corrected chi connectivity index (χ4v) is 16.7. The molecule has 6 heterocycles. The minimum absolute atomic E-state index is 0.628. The lowest BCUT2D eigenvalue weighted by Gasteiger charge is -2.14. The van der Waals surface area contributed by atoms with Gasteiger partial charge in [0.2, 0.25) is 11.9 Å². The molecule has 0 amide bonds. The smallest absolute Gasteiger partial charge is 0.235 e. The Bertz CT molecular complexity index is 7230. The van der Waals surface area contributed by atoms with Crippen LogP contribution in [0.25, 0.3) is 200 Å². The van der Waals surface area contributed by atoms with Gasteiger partial charge >= 0.3 is 0 Å². The summed E-state index contributed by atoms with van der Waals surface area (Å²) in [7, 11) is 0. The summed E-state index contributed by atoms with van der Waals surface area (Å²) in [6.07, 6.45) is 0. The maximum absolute atomic E-state index is 5.48. The van der Waals surface area contributed by atoms with Crippen LogP contribution >= 0.6 is 0 Å². The van der Waals surface area contributed by atoms with Crippen molar-refractivity contribution in [3.63, 3.8) is 0 Å². The van der Waals surface area contributed by atoms with Crippen LogP contribution < -0.4 is 0 Å². The van der Waals surface area contributed by atoms with E-state index in [4.69, 9.17) is 19.9 Å². The third-order valence-corrected chi connectivity index (χ3v) is 21.9. The Morgan fingerprint density at radius 2 is 0.411 bits per heavy atom. The first-order valence-corrected chi connectivity index (χ1v) is 38.0. The molecule has 0 spiro atoms. The molecule has 6 aromatic heterocycles. The fourth-order valence-electron chi connectivity index (χ4n) is 16.7. The van der Waals surface area contributed by atoms with Crippen molar-refractivity contribution in [3.05, 3.63) is 413 Å². The molecule has 16 aromatic carbocycles. The topological polar surface area (TPSA) is 71.3 Å². The van der Waals surface area contributed by atoms with Crippen LogP contribution in [0.4, 0.5) is 0 Å². The standard InChI is InChI=1S/2C52H34N4/c1-4-16-35(17-5-1)37-20-14-22-39(32-37)45-34-46(40-23-15-21-38(33-40)36-18-6-2-7-19-36)54-52(53-45)56-47-28-12-10-26-42(47)43-30-31-49-50(51(43)56)44-27-11-13-29-48(44)55(49)41-24-8-3-9-25-41;1-4-15-35(16-5-1)37-27-29-38(30-28-37)45-34-46(40-20-14-19-39(33-40)36-17-6-2-7-18-36)54-52(53-45)56-47-25-12-10-23-42(47)43-31-32-49-50(51(43)56)44-24-11-13-26-48(44)55(49)41-21-8-3-9-22-41/h2*1-34H. The second kappa shape index (κ2) is 27.6. The maximum Gasteiger partial charge on any atom is 0.235 e. The molecule has 8 nitrogen and oxygen atoms in total. The summed E-state index contributed by atoms with van der Waals surface area (Å²) in [5.41, 5.74) is 28.0. The van der Waals surface area contributed by atoms with Crippen LogP contribution in [0.3, 0.4) is 0 Å². The first-order chi connectivity index (χ1) is 55.6. The number of benzene rings is 16. The summed E-state index contributed by atoms with van der Waals surface area (Å²) in [6, 6.07) is 146. The van der Waals surface area contributed by atoms with Crippen molar-refractivity contribution in [2.45, 2.75) is 0 Å². The Morgan fingerprint density at radius 1 is 0.152 bits per heavy atom. The average molecular weight is 1430 g/mol. The van der Waals surface area contributed by atoms with Gasteiger partial charge in [0.05, 0.1) is 66.9 Å². The van der Waals surface area contributed by atoms with E-state index in [1.165, 1.54) is 49.4 Å². The lowest BCUT2D eigenvalue weighted by atomic mass is 9.99. The van der Waals surface area contributed by atoms with E-state index in [1.54, 1.807) is 0 Å². The molecular formula is C104H68N8. The molecule has 0 bridgehead atoms. The third-order valence-electron chi connectivity index (χ3n) is 21.9. The predicted molar refractivity (Wildman–Crippen MR) is 465 cm³/mol. The number of hydrogen-bond acceptors (Lipinski definition) is 4. The molecule has 0 saturated carbocycles. The molecule has 0 aliphatic heterocycles. The van der Waals surface area contributed by atoms with E-state index in [-0.39, 0.29) is 0 Å². The first-order valence-electron chi connectivity index (χ1n) is 38.0. The van der Waals surface area contributed by atoms with E-state index in [2.05, 4.69) is 431 Å². The molecule has 0 aliphatic carbocycles. The van der Waals surface area contributed by atoms with Crippen LogP contribution in [0.1, 0.15) is 0 Å². The lowest BCUT2D eigenvalue weighted by molar-refractivity contribution is 0.998. The summed E-state index contributed by atoms with van der Waals surface area (Å²) in [5, 5.41) is 9.36. The monoisotopic (exact) mass is 1430 g/mol. The Balaban J connectivity index is 0.000000141. The van der Waals surface area contributed by atoms with E-state index in [0.29, 0.717) is 11.9 Å². The Labute approximate surface area is 646 Å². The molecule has 0 N–H and O–H groups in total. The second-order valence-electron chi connectivity index (χ2n) is 28.5. The van der Waals surface area contributed by atoms with Gasteiger partial charge in [-0.2, -0.15) is 0 Å². The summed E-state index contributed by atoms with van der Waals surface area (Å²) in [5.74, 6) is 1.26. The molecule has 22 rings (SSSR count). The highest BCUT2D eigenvalue weighted by Crippen LogP contribution is 2.46. The van der Waals surface area contributed by atoms with E-state index >= 15 is 0 Å². The molecule has 0 radical (unpaired) electrons. The van der Waals surface area contributed by atoms with Crippen LogP contribution in [0.5, 0.6) is 0 Å². The quantitative estimate of drug-likeness (QED) is 0.122. The van der Waals surface area contributed by atoms with Gasteiger partial charge in [0.1, 0.15) is 0 Å².